The van der Waals surface area contributed by atoms with Gasteiger partial charge < -0.3 is 15.0 Å². The van der Waals surface area contributed by atoms with Crippen LogP contribution in [0.5, 0.6) is 11.6 Å². The average molecular weight is 536 g/mol. The van der Waals surface area contributed by atoms with E-state index in [9.17, 15) is 26.7 Å². The molecule has 15 heteroatoms. The third kappa shape index (κ3) is 4.65. The van der Waals surface area contributed by atoms with Gasteiger partial charge in [0, 0.05) is 18.0 Å². The van der Waals surface area contributed by atoms with Crippen molar-refractivity contribution in [3.63, 3.8) is 0 Å². The van der Waals surface area contributed by atoms with E-state index in [0.717, 1.165) is 30.3 Å². The van der Waals surface area contributed by atoms with E-state index >= 15 is 0 Å². The predicted molar refractivity (Wildman–Crippen MR) is 120 cm³/mol. The molecule has 2 aromatic carbocycles. The van der Waals surface area contributed by atoms with Gasteiger partial charge in [-0.1, -0.05) is 16.8 Å². The van der Waals surface area contributed by atoms with Crippen LogP contribution in [0.4, 0.5) is 27.6 Å². The second kappa shape index (κ2) is 9.13. The van der Waals surface area contributed by atoms with Crippen LogP contribution in [0.3, 0.4) is 0 Å². The Hall–Kier alpha value is -4.59. The molecule has 0 aliphatic rings. The molecule has 0 radical (unpaired) electrons. The van der Waals surface area contributed by atoms with E-state index in [4.69, 9.17) is 16.3 Å². The van der Waals surface area contributed by atoms with Gasteiger partial charge in [0.25, 0.3) is 5.91 Å². The first kappa shape index (κ1) is 24.1. The fraction of sp³-hybridized carbons (Fsp3) is 0.0455. The lowest BCUT2D eigenvalue weighted by atomic mass is 10.2. The number of aromatic amines is 1. The number of anilines is 1. The Morgan fingerprint density at radius 2 is 1.86 bits per heavy atom. The number of carbonyl (C=O) groups is 1. The topological polar surface area (TPSA) is 111 Å². The van der Waals surface area contributed by atoms with Crippen molar-refractivity contribution in [1.29, 1.82) is 0 Å². The number of hydrogen-bond donors (Lipinski definition) is 2. The van der Waals surface area contributed by atoms with Crippen LogP contribution < -0.4 is 10.1 Å². The maximum Gasteiger partial charge on any atom is 0.435 e. The first-order valence-corrected chi connectivity index (χ1v) is 10.5. The number of H-pyrrole nitrogens is 1. The molecule has 0 saturated carbocycles. The van der Waals surface area contributed by atoms with Gasteiger partial charge >= 0.3 is 6.18 Å². The molecule has 3 aromatic heterocycles. The monoisotopic (exact) mass is 535 g/mol. The molecule has 0 fully saturated rings. The van der Waals surface area contributed by atoms with Gasteiger partial charge in [0.15, 0.2) is 23.0 Å². The minimum Gasteiger partial charge on any atom is -0.435 e. The molecule has 188 valence electrons. The van der Waals surface area contributed by atoms with Gasteiger partial charge in [0.1, 0.15) is 17.8 Å². The van der Waals surface area contributed by atoms with Gasteiger partial charge in [-0.3, -0.25) is 4.79 Å². The van der Waals surface area contributed by atoms with Crippen molar-refractivity contribution in [3.05, 3.63) is 83.0 Å². The number of carbonyl (C=O) groups excluding carboxylic acids is 1. The Labute approximate surface area is 207 Å². The van der Waals surface area contributed by atoms with Gasteiger partial charge in [-0.25, -0.2) is 23.4 Å². The van der Waals surface area contributed by atoms with E-state index in [-0.39, 0.29) is 23.0 Å². The number of aromatic nitrogens is 6. The summed E-state index contributed by atoms with van der Waals surface area (Å²) >= 11 is 5.66. The van der Waals surface area contributed by atoms with Crippen LogP contribution in [0.15, 0.2) is 55.0 Å². The molecule has 3 heterocycles. The van der Waals surface area contributed by atoms with Crippen molar-refractivity contribution >= 4 is 34.2 Å². The molecular formula is C22H11ClF5N7O2. The van der Waals surface area contributed by atoms with E-state index in [1.807, 2.05) is 0 Å². The molecule has 37 heavy (non-hydrogen) atoms. The number of alkyl halides is 3. The van der Waals surface area contributed by atoms with Crippen molar-refractivity contribution < 1.29 is 31.5 Å². The Morgan fingerprint density at radius 3 is 2.59 bits per heavy atom. The highest BCUT2D eigenvalue weighted by molar-refractivity contribution is 6.30. The lowest BCUT2D eigenvalue weighted by Crippen LogP contribution is -2.21. The van der Waals surface area contributed by atoms with Crippen molar-refractivity contribution in [2.75, 3.05) is 5.32 Å². The Bertz CT molecular complexity index is 1650. The highest BCUT2D eigenvalue weighted by atomic mass is 35.5. The van der Waals surface area contributed by atoms with E-state index < -0.39 is 40.1 Å². The van der Waals surface area contributed by atoms with Crippen molar-refractivity contribution in [2.24, 2.45) is 0 Å². The molecule has 0 bridgehead atoms. The van der Waals surface area contributed by atoms with Crippen LogP contribution in [0.25, 0.3) is 16.7 Å². The number of rotatable bonds is 5. The third-order valence-corrected chi connectivity index (χ3v) is 5.31. The van der Waals surface area contributed by atoms with Gasteiger partial charge in [-0.05, 0) is 36.4 Å². The SMILES string of the molecule is O=C(Nc1ccc(Oc2ncnc3[nH]ccc23)c(F)c1)c1nnn(-c2ccc(F)c(Cl)c2)c1C(F)(F)F. The molecule has 0 aliphatic heterocycles. The number of nitrogens with zero attached hydrogens (tertiary/aromatic N) is 5. The maximum absolute atomic E-state index is 14.7. The number of fused-ring (bicyclic) bond motifs is 1. The van der Waals surface area contributed by atoms with Gasteiger partial charge in [-0.15, -0.1) is 5.10 Å². The summed E-state index contributed by atoms with van der Waals surface area (Å²) in [6.07, 6.45) is -2.27. The molecular weight excluding hydrogens is 525 g/mol. The molecule has 0 unspecified atom stereocenters. The maximum atomic E-state index is 14.7. The van der Waals surface area contributed by atoms with Crippen LogP contribution in [-0.4, -0.2) is 35.9 Å². The zero-order valence-electron chi connectivity index (χ0n) is 18.0. The van der Waals surface area contributed by atoms with Crippen LogP contribution in [0.1, 0.15) is 16.2 Å². The first-order valence-electron chi connectivity index (χ1n) is 10.2. The summed E-state index contributed by atoms with van der Waals surface area (Å²) < 4.78 is 75.5. The highest BCUT2D eigenvalue weighted by Crippen LogP contribution is 2.34. The van der Waals surface area contributed by atoms with Crippen molar-refractivity contribution in [3.8, 4) is 17.3 Å². The largest absolute Gasteiger partial charge is 0.435 e. The van der Waals surface area contributed by atoms with E-state index in [2.05, 4.69) is 30.6 Å². The molecule has 9 nitrogen and oxygen atoms in total. The van der Waals surface area contributed by atoms with Crippen LogP contribution in [0, 0.1) is 11.6 Å². The number of ether oxygens (including phenoxy) is 1. The number of amides is 1. The van der Waals surface area contributed by atoms with Crippen LogP contribution >= 0.6 is 11.6 Å². The van der Waals surface area contributed by atoms with Crippen molar-refractivity contribution in [2.45, 2.75) is 6.18 Å². The zero-order chi connectivity index (χ0) is 26.3. The minimum atomic E-state index is -5.08. The Balaban J connectivity index is 1.41. The Kier molecular flexibility index (Phi) is 5.95. The lowest BCUT2D eigenvalue weighted by molar-refractivity contribution is -0.143. The zero-order valence-corrected chi connectivity index (χ0v) is 18.8. The number of nitrogens with one attached hydrogen (secondary N) is 2. The molecule has 0 spiro atoms. The molecule has 1 amide bonds. The summed E-state index contributed by atoms with van der Waals surface area (Å²) in [7, 11) is 0. The highest BCUT2D eigenvalue weighted by Gasteiger charge is 2.42. The molecule has 0 atom stereocenters. The number of halogens is 6. The normalized spacial score (nSPS) is 11.6. The molecule has 2 N–H and O–H groups in total. The number of benzene rings is 2. The second-order valence-corrected chi connectivity index (χ2v) is 7.82. The second-order valence-electron chi connectivity index (χ2n) is 7.41. The van der Waals surface area contributed by atoms with Gasteiger partial charge in [0.05, 0.1) is 16.1 Å². The number of hydrogen-bond acceptors (Lipinski definition) is 6. The summed E-state index contributed by atoms with van der Waals surface area (Å²) in [5.41, 5.74) is -2.63. The minimum absolute atomic E-state index is 0.0641. The lowest BCUT2D eigenvalue weighted by Gasteiger charge is -2.12. The smallest absolute Gasteiger partial charge is 0.435 e. The standard InChI is InChI=1S/C22H11ClF5N7O2/c23-13-8-11(2-3-14(13)24)35-18(22(26,27)28)17(33-34-35)20(36)32-10-1-4-16(15(25)7-10)37-21-12-5-6-29-19(12)30-9-31-21/h1-9H,(H,32,36)(H,29,30,31). The van der Waals surface area contributed by atoms with Crippen LogP contribution in [0.2, 0.25) is 5.02 Å². The Morgan fingerprint density at radius 1 is 1.05 bits per heavy atom. The van der Waals surface area contributed by atoms with Crippen molar-refractivity contribution in [1.82, 2.24) is 29.9 Å². The van der Waals surface area contributed by atoms with E-state index in [1.54, 1.807) is 12.3 Å². The summed E-state index contributed by atoms with van der Waals surface area (Å²) in [4.78, 5) is 23.5. The van der Waals surface area contributed by atoms with Crippen LogP contribution in [-0.2, 0) is 6.18 Å². The molecule has 0 saturated heterocycles. The molecule has 5 aromatic rings. The summed E-state index contributed by atoms with van der Waals surface area (Å²) in [5.74, 6) is -3.29. The summed E-state index contributed by atoms with van der Waals surface area (Å²) in [5, 5.41) is 8.90. The quantitative estimate of drug-likeness (QED) is 0.286. The molecule has 5 rings (SSSR count). The first-order chi connectivity index (χ1) is 17.6. The fourth-order valence-corrected chi connectivity index (χ4v) is 3.55. The summed E-state index contributed by atoms with van der Waals surface area (Å²) in [6.45, 7) is 0. The van der Waals surface area contributed by atoms with Gasteiger partial charge in [-0.2, -0.15) is 13.2 Å². The van der Waals surface area contributed by atoms with Gasteiger partial charge in [0.2, 0.25) is 5.88 Å². The van der Waals surface area contributed by atoms with E-state index in [1.165, 1.54) is 12.4 Å². The average Bonchev–Trinajstić information content (AvgIpc) is 3.50. The summed E-state index contributed by atoms with van der Waals surface area (Å²) in [6, 6.07) is 7.57. The fourth-order valence-electron chi connectivity index (χ4n) is 3.37. The molecule has 0 aliphatic carbocycles. The predicted octanol–water partition coefficient (Wildman–Crippen LogP) is 5.53. The third-order valence-electron chi connectivity index (χ3n) is 5.02. The van der Waals surface area contributed by atoms with E-state index in [0.29, 0.717) is 15.7 Å².